The zero-order chi connectivity index (χ0) is 24.2. The summed E-state index contributed by atoms with van der Waals surface area (Å²) in [5.41, 5.74) is 1.50. The lowest BCUT2D eigenvalue weighted by molar-refractivity contribution is 0.159. The van der Waals surface area contributed by atoms with Gasteiger partial charge in [0.2, 0.25) is 0 Å². The van der Waals surface area contributed by atoms with Crippen LogP contribution in [0.1, 0.15) is 11.5 Å². The van der Waals surface area contributed by atoms with Crippen LogP contribution < -0.4 is 10.6 Å². The van der Waals surface area contributed by atoms with Crippen LogP contribution in [0.15, 0.2) is 48.5 Å². The number of amides is 2. The van der Waals surface area contributed by atoms with E-state index in [9.17, 15) is 18.0 Å². The number of likely N-dealkylation sites (tertiary alicyclic amines) is 1. The van der Waals surface area contributed by atoms with E-state index >= 15 is 0 Å². The van der Waals surface area contributed by atoms with Gasteiger partial charge in [0, 0.05) is 51.3 Å². The maximum absolute atomic E-state index is 14.5. The molecule has 1 aliphatic heterocycles. The maximum Gasteiger partial charge on any atom is 0.320 e. The highest BCUT2D eigenvalue weighted by Gasteiger charge is 2.36. The molecule has 4 rings (SSSR count). The van der Waals surface area contributed by atoms with Crippen molar-refractivity contribution in [1.29, 1.82) is 0 Å². The minimum absolute atomic E-state index is 0.226. The van der Waals surface area contributed by atoms with E-state index < -0.39 is 29.6 Å². The van der Waals surface area contributed by atoms with Crippen molar-refractivity contribution in [3.8, 4) is 11.3 Å². The van der Waals surface area contributed by atoms with Gasteiger partial charge in [-0.25, -0.2) is 18.0 Å². The number of urea groups is 1. The lowest BCUT2D eigenvalue weighted by atomic mass is 9.93. The third-order valence-corrected chi connectivity index (χ3v) is 5.94. The first-order valence-electron chi connectivity index (χ1n) is 10.9. The average Bonchev–Trinajstić information content (AvgIpc) is 3.37. The van der Waals surface area contributed by atoms with Crippen molar-refractivity contribution in [2.75, 3.05) is 38.7 Å². The number of rotatable bonds is 7. The van der Waals surface area contributed by atoms with Crippen molar-refractivity contribution in [2.45, 2.75) is 12.0 Å². The van der Waals surface area contributed by atoms with Crippen molar-refractivity contribution in [2.24, 2.45) is 7.05 Å². The number of halogens is 3. The maximum atomic E-state index is 14.5. The Kier molecular flexibility index (Phi) is 7.18. The quantitative estimate of drug-likeness (QED) is 0.549. The highest BCUT2D eigenvalue weighted by Crippen LogP contribution is 2.30. The normalized spacial score (nSPS) is 18.3. The number of anilines is 1. The van der Waals surface area contributed by atoms with Crippen LogP contribution in [-0.4, -0.2) is 60.1 Å². The number of nitrogens with one attached hydrogen (secondary N) is 2. The first kappa shape index (κ1) is 23.8. The van der Waals surface area contributed by atoms with Crippen LogP contribution in [0, 0.1) is 17.5 Å². The lowest BCUT2D eigenvalue weighted by Crippen LogP contribution is -2.42. The number of ether oxygens (including phenoxy) is 1. The molecule has 1 fully saturated rings. The van der Waals surface area contributed by atoms with E-state index in [1.54, 1.807) is 32.4 Å². The average molecular weight is 473 g/mol. The highest BCUT2D eigenvalue weighted by molar-refractivity contribution is 5.89. The number of hydrogen-bond acceptors (Lipinski definition) is 4. The standard InChI is InChI=1S/C24H26F3N5O2/c1-31-23(12-21(30-31)15-3-5-16(25)6-4-15)29-24(33)28-22-14-32(9-10-34-2)13-19(22)18-11-17(26)7-8-20(18)27/h3-8,11-12,19,22H,9-10,13-14H2,1-2H3,(H2,28,29,33)/t19-,22+/m0/s1. The summed E-state index contributed by atoms with van der Waals surface area (Å²) in [4.78, 5) is 14.9. The SMILES string of the molecule is COCCN1C[C@@H](NC(=O)Nc2cc(-c3ccc(F)cc3)nn2C)[C@H](c2cc(F)ccc2F)C1. The van der Waals surface area contributed by atoms with Crippen LogP contribution in [0.3, 0.4) is 0 Å². The molecular weight excluding hydrogens is 447 g/mol. The topological polar surface area (TPSA) is 71.4 Å². The van der Waals surface area contributed by atoms with Crippen molar-refractivity contribution < 1.29 is 22.7 Å². The fourth-order valence-electron chi connectivity index (χ4n) is 4.22. The third-order valence-electron chi connectivity index (χ3n) is 5.94. The molecule has 0 unspecified atom stereocenters. The molecule has 2 atom stereocenters. The van der Waals surface area contributed by atoms with E-state index in [-0.39, 0.29) is 11.4 Å². The van der Waals surface area contributed by atoms with E-state index in [2.05, 4.69) is 15.7 Å². The fourth-order valence-corrected chi connectivity index (χ4v) is 4.22. The summed E-state index contributed by atoms with van der Waals surface area (Å²) in [6.07, 6.45) is 0. The molecule has 1 saturated heterocycles. The van der Waals surface area contributed by atoms with Gasteiger partial charge in [-0.05, 0) is 48.0 Å². The molecule has 2 amide bonds. The summed E-state index contributed by atoms with van der Waals surface area (Å²) >= 11 is 0. The largest absolute Gasteiger partial charge is 0.383 e. The number of benzene rings is 2. The molecule has 7 nitrogen and oxygen atoms in total. The number of carbonyl (C=O) groups excluding carboxylic acids is 1. The predicted octanol–water partition coefficient (Wildman–Crippen LogP) is 3.74. The number of methoxy groups -OCH3 is 1. The zero-order valence-electron chi connectivity index (χ0n) is 18.9. The molecule has 180 valence electrons. The molecule has 0 spiro atoms. The molecule has 10 heteroatoms. The predicted molar refractivity (Wildman–Crippen MR) is 122 cm³/mol. The zero-order valence-corrected chi connectivity index (χ0v) is 18.9. The molecule has 0 bridgehead atoms. The molecule has 34 heavy (non-hydrogen) atoms. The number of aryl methyl sites for hydroxylation is 1. The van der Waals surface area contributed by atoms with Gasteiger partial charge in [-0.3, -0.25) is 14.9 Å². The van der Waals surface area contributed by atoms with Gasteiger partial charge in [-0.15, -0.1) is 0 Å². The molecular formula is C24H26F3N5O2. The van der Waals surface area contributed by atoms with E-state index in [1.807, 2.05) is 4.90 Å². The van der Waals surface area contributed by atoms with Gasteiger partial charge >= 0.3 is 6.03 Å². The summed E-state index contributed by atoms with van der Waals surface area (Å²) < 4.78 is 48.2. The fraction of sp³-hybridized carbons (Fsp3) is 0.333. The Morgan fingerprint density at radius 3 is 2.56 bits per heavy atom. The van der Waals surface area contributed by atoms with Crippen molar-refractivity contribution in [1.82, 2.24) is 20.0 Å². The van der Waals surface area contributed by atoms with Gasteiger partial charge < -0.3 is 10.1 Å². The van der Waals surface area contributed by atoms with Crippen molar-refractivity contribution in [3.63, 3.8) is 0 Å². The smallest absolute Gasteiger partial charge is 0.320 e. The molecule has 0 radical (unpaired) electrons. The van der Waals surface area contributed by atoms with Crippen LogP contribution in [0.25, 0.3) is 11.3 Å². The molecule has 0 saturated carbocycles. The van der Waals surface area contributed by atoms with Crippen LogP contribution in [-0.2, 0) is 11.8 Å². The van der Waals surface area contributed by atoms with Gasteiger partial charge in [0.05, 0.1) is 18.3 Å². The summed E-state index contributed by atoms with van der Waals surface area (Å²) in [7, 11) is 3.27. The molecule has 1 aliphatic rings. The Bertz CT molecular complexity index is 1150. The Balaban J connectivity index is 1.49. The Morgan fingerprint density at radius 2 is 1.82 bits per heavy atom. The third kappa shape index (κ3) is 5.40. The monoisotopic (exact) mass is 473 g/mol. The van der Waals surface area contributed by atoms with E-state index in [4.69, 9.17) is 4.74 Å². The van der Waals surface area contributed by atoms with Crippen LogP contribution in [0.2, 0.25) is 0 Å². The second-order valence-corrected chi connectivity index (χ2v) is 8.27. The van der Waals surface area contributed by atoms with E-state index in [0.29, 0.717) is 43.3 Å². The number of aromatic nitrogens is 2. The highest BCUT2D eigenvalue weighted by atomic mass is 19.1. The first-order valence-corrected chi connectivity index (χ1v) is 10.9. The van der Waals surface area contributed by atoms with Crippen LogP contribution in [0.5, 0.6) is 0 Å². The van der Waals surface area contributed by atoms with Crippen LogP contribution in [0.4, 0.5) is 23.8 Å². The van der Waals surface area contributed by atoms with Crippen molar-refractivity contribution >= 4 is 11.8 Å². The van der Waals surface area contributed by atoms with Gasteiger partial charge in [0.1, 0.15) is 23.3 Å². The van der Waals surface area contributed by atoms with E-state index in [1.165, 1.54) is 22.9 Å². The molecule has 2 aromatic carbocycles. The van der Waals surface area contributed by atoms with Gasteiger partial charge in [-0.2, -0.15) is 5.10 Å². The van der Waals surface area contributed by atoms with Gasteiger partial charge in [-0.1, -0.05) is 0 Å². The molecule has 2 N–H and O–H groups in total. The summed E-state index contributed by atoms with van der Waals surface area (Å²) in [5, 5.41) is 10.0. The Hall–Kier alpha value is -3.37. The lowest BCUT2D eigenvalue weighted by Gasteiger charge is -2.21. The molecule has 3 aromatic rings. The number of nitrogens with zero attached hydrogens (tertiary/aromatic N) is 3. The summed E-state index contributed by atoms with van der Waals surface area (Å²) in [6, 6.07) is 9.99. The first-order chi connectivity index (χ1) is 16.3. The summed E-state index contributed by atoms with van der Waals surface area (Å²) in [6.45, 7) is 2.00. The minimum Gasteiger partial charge on any atom is -0.383 e. The number of hydrogen-bond donors (Lipinski definition) is 2. The van der Waals surface area contributed by atoms with Crippen molar-refractivity contribution in [3.05, 3.63) is 71.5 Å². The van der Waals surface area contributed by atoms with Gasteiger partial charge in [0.25, 0.3) is 0 Å². The molecule has 2 heterocycles. The Morgan fingerprint density at radius 1 is 1.09 bits per heavy atom. The summed E-state index contributed by atoms with van der Waals surface area (Å²) in [5.74, 6) is -1.39. The van der Waals surface area contributed by atoms with Crippen LogP contribution >= 0.6 is 0 Å². The molecule has 1 aromatic heterocycles. The van der Waals surface area contributed by atoms with Gasteiger partial charge in [0.15, 0.2) is 0 Å². The number of carbonyl (C=O) groups is 1. The second-order valence-electron chi connectivity index (χ2n) is 8.27. The second kappa shape index (κ2) is 10.3. The minimum atomic E-state index is -0.529. The molecule has 0 aliphatic carbocycles. The van der Waals surface area contributed by atoms with E-state index in [0.717, 1.165) is 12.1 Å². The Labute approximate surface area is 195 Å².